The van der Waals surface area contributed by atoms with Crippen molar-refractivity contribution in [3.05, 3.63) is 0 Å². The Morgan fingerprint density at radius 2 is 2.00 bits per heavy atom. The zero-order valence-corrected chi connectivity index (χ0v) is 7.91. The molecule has 0 aliphatic carbocycles. The van der Waals surface area contributed by atoms with Crippen molar-refractivity contribution < 1.29 is 31.3 Å². The fourth-order valence-electron chi connectivity index (χ4n) is 1.31. The van der Waals surface area contributed by atoms with Crippen molar-refractivity contribution in [3.8, 4) is 0 Å². The van der Waals surface area contributed by atoms with E-state index in [4.69, 9.17) is 16.3 Å². The first-order valence-corrected chi connectivity index (χ1v) is 4.41. The minimum Gasteiger partial charge on any atom is -0.388 e. The smallest absolute Gasteiger partial charge is 0.216 e. The molecule has 5 N–H and O–H groups in total. The topological polar surface area (TPSA) is 119 Å². The quantitative estimate of drug-likeness (QED) is 0.338. The van der Waals surface area contributed by atoms with E-state index in [0.29, 0.717) is 0 Å². The van der Waals surface area contributed by atoms with Crippen molar-refractivity contribution in [2.24, 2.45) is 0 Å². The Hall–Kier alpha value is -0.730. The molecule has 15 heavy (non-hydrogen) atoms. The zero-order chi connectivity index (χ0) is 12.3. The summed E-state index contributed by atoms with van der Waals surface area (Å²) < 4.78 is 11.5. The SMILES string of the molecule is [2H]CC(=O)NC[C@@H]1OC(O)[C@@H](O)[C@H](O)[C@H]1O. The van der Waals surface area contributed by atoms with E-state index in [1.165, 1.54) is 0 Å². The first kappa shape index (κ1) is 10.8. The van der Waals surface area contributed by atoms with Gasteiger partial charge in [-0.15, -0.1) is 0 Å². The van der Waals surface area contributed by atoms with Gasteiger partial charge in [0, 0.05) is 14.8 Å². The highest BCUT2D eigenvalue weighted by atomic mass is 16.6. The fourth-order valence-corrected chi connectivity index (χ4v) is 1.31. The largest absolute Gasteiger partial charge is 0.388 e. The predicted octanol–water partition coefficient (Wildman–Crippen LogP) is -3.08. The van der Waals surface area contributed by atoms with Crippen LogP contribution in [0.3, 0.4) is 0 Å². The molecular weight excluding hydrogens is 206 g/mol. The first-order valence-electron chi connectivity index (χ1n) is 5.11. The zero-order valence-electron chi connectivity index (χ0n) is 8.91. The monoisotopic (exact) mass is 222 g/mol. The maximum absolute atomic E-state index is 10.8. The number of ether oxygens (including phenoxy) is 1. The van der Waals surface area contributed by atoms with Crippen LogP contribution in [0, 0.1) is 0 Å². The van der Waals surface area contributed by atoms with Gasteiger partial charge in [0.25, 0.3) is 0 Å². The van der Waals surface area contributed by atoms with Crippen LogP contribution in [0.2, 0.25) is 0 Å². The average Bonchev–Trinajstić information content (AvgIpc) is 2.28. The first-order chi connectivity index (χ1) is 7.47. The third kappa shape index (κ3) is 2.86. The molecule has 1 aliphatic rings. The minimum atomic E-state index is -1.61. The van der Waals surface area contributed by atoms with Gasteiger partial charge in [0.15, 0.2) is 6.29 Å². The molecule has 1 fully saturated rings. The summed E-state index contributed by atoms with van der Waals surface area (Å²) in [6.45, 7) is -0.615. The third-order valence-corrected chi connectivity index (χ3v) is 2.19. The van der Waals surface area contributed by atoms with Crippen LogP contribution in [0.15, 0.2) is 0 Å². The van der Waals surface area contributed by atoms with Crippen LogP contribution in [-0.2, 0) is 9.53 Å². The Kier molecular flexibility index (Phi) is 3.49. The molecule has 7 heteroatoms. The van der Waals surface area contributed by atoms with Gasteiger partial charge in [0.2, 0.25) is 5.91 Å². The summed E-state index contributed by atoms with van der Waals surface area (Å²) in [6.07, 6.45) is -7.18. The van der Waals surface area contributed by atoms with Crippen LogP contribution in [-0.4, -0.2) is 63.6 Å². The van der Waals surface area contributed by atoms with Crippen LogP contribution in [0.5, 0.6) is 0 Å². The van der Waals surface area contributed by atoms with Crippen LogP contribution < -0.4 is 5.32 Å². The van der Waals surface area contributed by atoms with Gasteiger partial charge < -0.3 is 30.5 Å². The second-order valence-corrected chi connectivity index (χ2v) is 3.34. The Bertz CT molecular complexity index is 253. The number of nitrogens with one attached hydrogen (secondary N) is 1. The van der Waals surface area contributed by atoms with Crippen LogP contribution in [0.4, 0.5) is 0 Å². The molecule has 0 bridgehead atoms. The van der Waals surface area contributed by atoms with Gasteiger partial charge in [-0.05, 0) is 0 Å². The molecule has 1 rings (SSSR count). The highest BCUT2D eigenvalue weighted by Gasteiger charge is 2.42. The van der Waals surface area contributed by atoms with E-state index in [9.17, 15) is 15.0 Å². The van der Waals surface area contributed by atoms with Gasteiger partial charge in [-0.25, -0.2) is 0 Å². The van der Waals surface area contributed by atoms with Crippen molar-refractivity contribution in [2.45, 2.75) is 37.6 Å². The lowest BCUT2D eigenvalue weighted by Gasteiger charge is -2.38. The molecule has 7 nitrogen and oxygen atoms in total. The third-order valence-electron chi connectivity index (χ3n) is 2.19. The second-order valence-electron chi connectivity index (χ2n) is 3.34. The number of aliphatic hydroxyl groups is 4. The van der Waals surface area contributed by atoms with Crippen molar-refractivity contribution in [2.75, 3.05) is 6.54 Å². The number of hydrogen-bond donors (Lipinski definition) is 5. The Labute approximate surface area is 87.7 Å². The van der Waals surface area contributed by atoms with Gasteiger partial charge in [0.05, 0.1) is 0 Å². The summed E-state index contributed by atoms with van der Waals surface area (Å²) in [5, 5.41) is 39.4. The van der Waals surface area contributed by atoms with Crippen molar-refractivity contribution >= 4 is 5.91 Å². The second kappa shape index (κ2) is 4.86. The fraction of sp³-hybridized carbons (Fsp3) is 0.875. The number of rotatable bonds is 2. The number of hydrogen-bond acceptors (Lipinski definition) is 6. The number of aliphatic hydroxyl groups excluding tert-OH is 4. The number of carbonyl (C=O) groups is 1. The van der Waals surface area contributed by atoms with E-state index in [-0.39, 0.29) is 6.54 Å². The standard InChI is InChI=1S/C8H15NO6/c1-3(10)9-2-4-5(11)6(12)7(13)8(14)15-4/h4-8,11-14H,2H2,1H3,(H,9,10)/t4-,5-,6+,7-,8?/m0/s1/i1D. The molecule has 1 heterocycles. The van der Waals surface area contributed by atoms with Gasteiger partial charge in [-0.3, -0.25) is 4.79 Å². The summed E-state index contributed by atoms with van der Waals surface area (Å²) in [7, 11) is 0. The molecule has 0 aromatic carbocycles. The van der Waals surface area contributed by atoms with E-state index in [0.717, 1.165) is 0 Å². The Morgan fingerprint density at radius 3 is 2.60 bits per heavy atom. The van der Waals surface area contributed by atoms with E-state index >= 15 is 0 Å². The van der Waals surface area contributed by atoms with E-state index in [1.54, 1.807) is 0 Å². The molecule has 1 unspecified atom stereocenters. The average molecular weight is 222 g/mol. The number of carbonyl (C=O) groups excluding carboxylic acids is 1. The molecule has 88 valence electrons. The van der Waals surface area contributed by atoms with Gasteiger partial charge in [-0.1, -0.05) is 0 Å². The van der Waals surface area contributed by atoms with E-state index in [1.807, 2.05) is 0 Å². The van der Waals surface area contributed by atoms with E-state index in [2.05, 4.69) is 5.32 Å². The maximum atomic E-state index is 10.8. The van der Waals surface area contributed by atoms with Gasteiger partial charge in [-0.2, -0.15) is 0 Å². The minimum absolute atomic E-state index is 0.153. The summed E-state index contributed by atoms with van der Waals surface area (Å²) in [6, 6.07) is 0. The molecule has 1 amide bonds. The molecule has 0 aromatic heterocycles. The molecule has 0 saturated carbocycles. The van der Waals surface area contributed by atoms with E-state index < -0.39 is 43.5 Å². The Morgan fingerprint density at radius 1 is 1.33 bits per heavy atom. The molecular formula is C8H15NO6. The van der Waals surface area contributed by atoms with Crippen molar-refractivity contribution in [3.63, 3.8) is 0 Å². The van der Waals surface area contributed by atoms with Crippen molar-refractivity contribution in [1.29, 1.82) is 0 Å². The maximum Gasteiger partial charge on any atom is 0.216 e. The van der Waals surface area contributed by atoms with Crippen LogP contribution in [0.25, 0.3) is 0 Å². The normalized spacial score (nSPS) is 42.1. The summed E-state index contributed by atoms with van der Waals surface area (Å²) >= 11 is 0. The predicted molar refractivity (Wildman–Crippen MR) is 47.6 cm³/mol. The lowest BCUT2D eigenvalue weighted by molar-refractivity contribution is -0.280. The van der Waals surface area contributed by atoms with Crippen LogP contribution in [0.1, 0.15) is 8.27 Å². The lowest BCUT2D eigenvalue weighted by Crippen LogP contribution is -2.59. The highest BCUT2D eigenvalue weighted by Crippen LogP contribution is 2.19. The number of amides is 1. The summed E-state index contributed by atoms with van der Waals surface area (Å²) in [5.74, 6) is -0.564. The summed E-state index contributed by atoms with van der Waals surface area (Å²) in [5.41, 5.74) is 0. The molecule has 0 radical (unpaired) electrons. The van der Waals surface area contributed by atoms with Gasteiger partial charge >= 0.3 is 0 Å². The lowest BCUT2D eigenvalue weighted by atomic mass is 9.99. The summed E-state index contributed by atoms with van der Waals surface area (Å²) in [4.78, 5) is 10.8. The van der Waals surface area contributed by atoms with Gasteiger partial charge in [0.1, 0.15) is 24.4 Å². The molecule has 1 saturated heterocycles. The highest BCUT2D eigenvalue weighted by molar-refractivity contribution is 5.72. The van der Waals surface area contributed by atoms with Crippen molar-refractivity contribution in [1.82, 2.24) is 5.32 Å². The molecule has 1 aliphatic heterocycles. The molecule has 0 spiro atoms. The molecule has 5 atom stereocenters. The van der Waals surface area contributed by atoms with Crippen LogP contribution >= 0.6 is 0 Å². The Balaban J connectivity index is 2.50. The molecule has 0 aromatic rings.